The SMILES string of the molecule is Cc1ccc(S(=O)(=O)NC2CCC(/C=C/C=C/CCCC(=O)O)C2)cc1. The molecule has 2 N–H and O–H groups in total. The number of carbonyl (C=O) groups is 1. The Morgan fingerprint density at radius 3 is 2.65 bits per heavy atom. The molecular weight excluding hydrogens is 350 g/mol. The lowest BCUT2D eigenvalue weighted by atomic mass is 10.1. The number of hydrogen-bond acceptors (Lipinski definition) is 3. The Labute approximate surface area is 155 Å². The summed E-state index contributed by atoms with van der Waals surface area (Å²) in [6.07, 6.45) is 12.2. The molecule has 1 aliphatic rings. The number of unbranched alkanes of at least 4 members (excludes halogenated alkanes) is 1. The Bertz CT molecular complexity index is 751. The lowest BCUT2D eigenvalue weighted by Gasteiger charge is -2.13. The van der Waals surface area contributed by atoms with Crippen LogP contribution in [-0.2, 0) is 14.8 Å². The summed E-state index contributed by atoms with van der Waals surface area (Å²) >= 11 is 0. The third-order valence-electron chi connectivity index (χ3n) is 4.52. The van der Waals surface area contributed by atoms with E-state index in [1.165, 1.54) is 0 Å². The van der Waals surface area contributed by atoms with Crippen LogP contribution in [0.5, 0.6) is 0 Å². The normalized spacial score (nSPS) is 21.0. The number of benzene rings is 1. The van der Waals surface area contributed by atoms with E-state index < -0.39 is 16.0 Å². The average Bonchev–Trinajstić information content (AvgIpc) is 3.00. The van der Waals surface area contributed by atoms with Crippen LogP contribution in [0, 0.1) is 12.8 Å². The maximum atomic E-state index is 12.4. The predicted octanol–water partition coefficient (Wildman–Crippen LogP) is 3.81. The van der Waals surface area contributed by atoms with Crippen molar-refractivity contribution in [1.29, 1.82) is 0 Å². The second-order valence-electron chi connectivity index (χ2n) is 6.80. The highest BCUT2D eigenvalue weighted by Gasteiger charge is 2.27. The summed E-state index contributed by atoms with van der Waals surface area (Å²) in [7, 11) is -3.46. The smallest absolute Gasteiger partial charge is 0.303 e. The van der Waals surface area contributed by atoms with Crippen molar-refractivity contribution in [1.82, 2.24) is 4.72 Å². The van der Waals surface area contributed by atoms with E-state index in [2.05, 4.69) is 10.8 Å². The van der Waals surface area contributed by atoms with Gasteiger partial charge in [0.2, 0.25) is 10.0 Å². The van der Waals surface area contributed by atoms with Crippen LogP contribution in [0.15, 0.2) is 53.5 Å². The van der Waals surface area contributed by atoms with E-state index in [-0.39, 0.29) is 12.5 Å². The van der Waals surface area contributed by atoms with Gasteiger partial charge in [0.15, 0.2) is 0 Å². The second-order valence-corrected chi connectivity index (χ2v) is 8.52. The molecule has 6 heteroatoms. The minimum Gasteiger partial charge on any atom is -0.481 e. The first-order valence-electron chi connectivity index (χ1n) is 9.01. The quantitative estimate of drug-likeness (QED) is 0.506. The van der Waals surface area contributed by atoms with E-state index in [9.17, 15) is 13.2 Å². The molecule has 26 heavy (non-hydrogen) atoms. The molecule has 0 radical (unpaired) electrons. The summed E-state index contributed by atoms with van der Waals surface area (Å²) in [5, 5.41) is 8.56. The van der Waals surface area contributed by atoms with Crippen LogP contribution < -0.4 is 4.72 Å². The van der Waals surface area contributed by atoms with Crippen molar-refractivity contribution in [3.05, 3.63) is 54.1 Å². The van der Waals surface area contributed by atoms with E-state index in [0.717, 1.165) is 31.2 Å². The number of allylic oxidation sites excluding steroid dienone is 4. The van der Waals surface area contributed by atoms with Crippen LogP contribution in [0.2, 0.25) is 0 Å². The summed E-state index contributed by atoms with van der Waals surface area (Å²) < 4.78 is 27.7. The molecule has 5 nitrogen and oxygen atoms in total. The average molecular weight is 378 g/mol. The van der Waals surface area contributed by atoms with E-state index in [0.29, 0.717) is 17.2 Å². The van der Waals surface area contributed by atoms with Crippen molar-refractivity contribution < 1.29 is 18.3 Å². The number of aliphatic carboxylic acids is 1. The maximum Gasteiger partial charge on any atom is 0.303 e. The Morgan fingerprint density at radius 2 is 1.96 bits per heavy atom. The molecular formula is C20H27NO4S. The minimum absolute atomic E-state index is 0.0319. The van der Waals surface area contributed by atoms with Crippen molar-refractivity contribution in [2.75, 3.05) is 0 Å². The van der Waals surface area contributed by atoms with Crippen molar-refractivity contribution >= 4 is 16.0 Å². The van der Waals surface area contributed by atoms with Gasteiger partial charge >= 0.3 is 5.97 Å². The number of carboxylic acids is 1. The first kappa shape index (κ1) is 20.4. The van der Waals surface area contributed by atoms with Gasteiger partial charge in [-0.1, -0.05) is 42.0 Å². The minimum atomic E-state index is -3.46. The van der Waals surface area contributed by atoms with Crippen LogP contribution >= 0.6 is 0 Å². The molecule has 1 aromatic rings. The lowest BCUT2D eigenvalue weighted by molar-refractivity contribution is -0.137. The van der Waals surface area contributed by atoms with Crippen LogP contribution in [0.3, 0.4) is 0 Å². The topological polar surface area (TPSA) is 83.5 Å². The monoisotopic (exact) mass is 377 g/mol. The highest BCUT2D eigenvalue weighted by atomic mass is 32.2. The molecule has 0 aliphatic heterocycles. The lowest BCUT2D eigenvalue weighted by Crippen LogP contribution is -2.32. The highest BCUT2D eigenvalue weighted by molar-refractivity contribution is 7.89. The maximum absolute atomic E-state index is 12.4. The molecule has 1 aliphatic carbocycles. The first-order valence-corrected chi connectivity index (χ1v) is 10.5. The van der Waals surface area contributed by atoms with Gasteiger partial charge in [0.05, 0.1) is 4.90 Å². The van der Waals surface area contributed by atoms with Gasteiger partial charge < -0.3 is 5.11 Å². The van der Waals surface area contributed by atoms with Crippen LogP contribution in [0.25, 0.3) is 0 Å². The zero-order valence-electron chi connectivity index (χ0n) is 15.1. The third-order valence-corrected chi connectivity index (χ3v) is 6.05. The predicted molar refractivity (Wildman–Crippen MR) is 102 cm³/mol. The van der Waals surface area contributed by atoms with Gasteiger partial charge in [0.1, 0.15) is 0 Å². The van der Waals surface area contributed by atoms with Gasteiger partial charge in [-0.25, -0.2) is 13.1 Å². The van der Waals surface area contributed by atoms with Gasteiger partial charge in [-0.15, -0.1) is 0 Å². The van der Waals surface area contributed by atoms with E-state index in [4.69, 9.17) is 5.11 Å². The van der Waals surface area contributed by atoms with Crippen molar-refractivity contribution in [3.8, 4) is 0 Å². The van der Waals surface area contributed by atoms with Gasteiger partial charge in [-0.05, 0) is 57.1 Å². The van der Waals surface area contributed by atoms with E-state index in [1.54, 1.807) is 24.3 Å². The Balaban J connectivity index is 1.77. The molecule has 0 aromatic heterocycles. The number of sulfonamides is 1. The van der Waals surface area contributed by atoms with E-state index in [1.807, 2.05) is 25.2 Å². The van der Waals surface area contributed by atoms with Crippen LogP contribution in [-0.4, -0.2) is 25.5 Å². The Hall–Kier alpha value is -1.92. The summed E-state index contributed by atoms with van der Waals surface area (Å²) in [6.45, 7) is 1.93. The molecule has 0 spiro atoms. The summed E-state index contributed by atoms with van der Waals surface area (Å²) in [6, 6.07) is 6.85. The molecule has 2 rings (SSSR count). The van der Waals surface area contributed by atoms with Crippen molar-refractivity contribution in [3.63, 3.8) is 0 Å². The molecule has 2 unspecified atom stereocenters. The fourth-order valence-electron chi connectivity index (χ4n) is 3.07. The molecule has 1 aromatic carbocycles. The zero-order chi connectivity index (χ0) is 19.0. The van der Waals surface area contributed by atoms with Crippen molar-refractivity contribution in [2.45, 2.75) is 56.4 Å². The summed E-state index contributed by atoms with van der Waals surface area (Å²) in [5.74, 6) is -0.400. The highest BCUT2D eigenvalue weighted by Crippen LogP contribution is 2.28. The molecule has 1 saturated carbocycles. The largest absolute Gasteiger partial charge is 0.481 e. The molecule has 0 saturated heterocycles. The number of aryl methyl sites for hydroxylation is 1. The second kappa shape index (κ2) is 9.69. The molecule has 0 bridgehead atoms. The Morgan fingerprint density at radius 1 is 1.23 bits per heavy atom. The molecule has 0 amide bonds. The molecule has 2 atom stereocenters. The van der Waals surface area contributed by atoms with Crippen LogP contribution in [0.1, 0.15) is 44.1 Å². The third kappa shape index (κ3) is 6.77. The van der Waals surface area contributed by atoms with Gasteiger partial charge in [-0.2, -0.15) is 0 Å². The van der Waals surface area contributed by atoms with Gasteiger partial charge in [0.25, 0.3) is 0 Å². The molecule has 142 valence electrons. The Kier molecular flexibility index (Phi) is 7.60. The zero-order valence-corrected chi connectivity index (χ0v) is 15.9. The first-order chi connectivity index (χ1) is 12.4. The number of carboxylic acid groups (broad SMARTS) is 1. The number of rotatable bonds is 9. The fraction of sp³-hybridized carbons (Fsp3) is 0.450. The standard InChI is InChI=1S/C20H27NO4S/c1-16-9-13-19(14-10-16)26(24,25)21-18-12-11-17(15-18)7-5-3-2-4-6-8-20(22)23/h2-3,5,7,9-10,13-14,17-18,21H,4,6,8,11-12,15H2,1H3,(H,22,23)/b3-2+,7-5+. The van der Waals surface area contributed by atoms with Gasteiger partial charge in [-0.3, -0.25) is 4.79 Å². The molecule has 1 fully saturated rings. The number of hydrogen-bond donors (Lipinski definition) is 2. The number of nitrogens with one attached hydrogen (secondary N) is 1. The van der Waals surface area contributed by atoms with Gasteiger partial charge in [0, 0.05) is 12.5 Å². The molecule has 0 heterocycles. The summed E-state index contributed by atoms with van der Waals surface area (Å²) in [5.41, 5.74) is 1.03. The fourth-order valence-corrected chi connectivity index (χ4v) is 4.35. The van der Waals surface area contributed by atoms with E-state index >= 15 is 0 Å². The summed E-state index contributed by atoms with van der Waals surface area (Å²) in [4.78, 5) is 10.7. The van der Waals surface area contributed by atoms with Crippen LogP contribution in [0.4, 0.5) is 0 Å². The van der Waals surface area contributed by atoms with Crippen molar-refractivity contribution in [2.24, 2.45) is 5.92 Å².